The molecular formula is C21H26N6O. The predicted molar refractivity (Wildman–Crippen MR) is 109 cm³/mol. The molecule has 0 bridgehead atoms. The highest BCUT2D eigenvalue weighted by atomic mass is 16.2. The highest BCUT2D eigenvalue weighted by Gasteiger charge is 2.22. The lowest BCUT2D eigenvalue weighted by Crippen LogP contribution is -2.32. The van der Waals surface area contributed by atoms with Crippen molar-refractivity contribution in [1.29, 1.82) is 0 Å². The Morgan fingerprint density at radius 2 is 2.00 bits per heavy atom. The molecule has 0 spiro atoms. The predicted octanol–water partition coefficient (Wildman–Crippen LogP) is 4.38. The number of amides is 2. The lowest BCUT2D eigenvalue weighted by Gasteiger charge is -2.19. The third-order valence-electron chi connectivity index (χ3n) is 5.27. The summed E-state index contributed by atoms with van der Waals surface area (Å²) in [6, 6.07) is 11.7. The third kappa shape index (κ3) is 3.78. The standard InChI is InChI=1S/C21H26N6O/c1-15-14-20(27(25-15)17-8-3-4-9-17)24-21(28)23-16(2)18-10-5-6-11-19(18)26-13-7-12-22-26/h5-7,10-14,16-17H,3-4,8-9H2,1-2H3,(H2,23,24,28)/t16-/m1/s1. The summed E-state index contributed by atoms with van der Waals surface area (Å²) in [5.74, 6) is 0.759. The Labute approximate surface area is 164 Å². The van der Waals surface area contributed by atoms with Crippen LogP contribution >= 0.6 is 0 Å². The maximum atomic E-state index is 12.7. The Morgan fingerprint density at radius 3 is 2.75 bits per heavy atom. The van der Waals surface area contributed by atoms with Crippen molar-refractivity contribution in [2.45, 2.75) is 51.6 Å². The Hall–Kier alpha value is -3.09. The molecule has 146 valence electrons. The molecule has 1 atom stereocenters. The van der Waals surface area contributed by atoms with E-state index in [1.54, 1.807) is 6.20 Å². The number of nitrogens with one attached hydrogen (secondary N) is 2. The van der Waals surface area contributed by atoms with Crippen LogP contribution in [0.15, 0.2) is 48.8 Å². The first-order valence-electron chi connectivity index (χ1n) is 9.84. The highest BCUT2D eigenvalue weighted by Crippen LogP contribution is 2.32. The van der Waals surface area contributed by atoms with Gasteiger partial charge in [-0.15, -0.1) is 0 Å². The Bertz CT molecular complexity index is 940. The van der Waals surface area contributed by atoms with Crippen LogP contribution in [-0.2, 0) is 0 Å². The minimum atomic E-state index is -0.234. The Morgan fingerprint density at radius 1 is 1.21 bits per heavy atom. The first kappa shape index (κ1) is 18.3. The molecule has 0 unspecified atom stereocenters. The maximum absolute atomic E-state index is 12.7. The van der Waals surface area contributed by atoms with E-state index in [0.717, 1.165) is 35.6 Å². The average Bonchev–Trinajstić information content (AvgIpc) is 3.43. The van der Waals surface area contributed by atoms with Gasteiger partial charge >= 0.3 is 6.03 Å². The van der Waals surface area contributed by atoms with Gasteiger partial charge in [-0.1, -0.05) is 31.0 Å². The van der Waals surface area contributed by atoms with Gasteiger partial charge in [-0.2, -0.15) is 10.2 Å². The molecule has 7 nitrogen and oxygen atoms in total. The number of urea groups is 1. The van der Waals surface area contributed by atoms with Gasteiger partial charge < -0.3 is 5.32 Å². The Balaban J connectivity index is 1.48. The number of anilines is 1. The molecule has 1 fully saturated rings. The quantitative estimate of drug-likeness (QED) is 0.692. The molecule has 1 aliphatic carbocycles. The maximum Gasteiger partial charge on any atom is 0.320 e. The summed E-state index contributed by atoms with van der Waals surface area (Å²) in [6.07, 6.45) is 8.31. The van der Waals surface area contributed by atoms with Crippen LogP contribution in [0.2, 0.25) is 0 Å². The third-order valence-corrected chi connectivity index (χ3v) is 5.27. The normalized spacial score (nSPS) is 15.5. The zero-order valence-corrected chi connectivity index (χ0v) is 16.3. The van der Waals surface area contributed by atoms with Crippen LogP contribution in [0.25, 0.3) is 5.69 Å². The number of rotatable bonds is 5. The molecule has 3 aromatic rings. The molecule has 1 aliphatic rings. The molecule has 1 saturated carbocycles. The van der Waals surface area contributed by atoms with Gasteiger partial charge in [0.2, 0.25) is 0 Å². The summed E-state index contributed by atoms with van der Waals surface area (Å²) in [5.41, 5.74) is 2.87. The average molecular weight is 378 g/mol. The Kier molecular flexibility index (Phi) is 5.14. The SMILES string of the molecule is Cc1cc(NC(=O)N[C@H](C)c2ccccc2-n2cccn2)n(C2CCCC2)n1. The topological polar surface area (TPSA) is 76.8 Å². The number of nitrogens with zero attached hydrogens (tertiary/aromatic N) is 4. The van der Waals surface area contributed by atoms with Gasteiger partial charge in [0.25, 0.3) is 0 Å². The largest absolute Gasteiger partial charge is 0.331 e. The summed E-state index contributed by atoms with van der Waals surface area (Å²) < 4.78 is 3.79. The number of benzene rings is 1. The second-order valence-electron chi connectivity index (χ2n) is 7.38. The first-order chi connectivity index (χ1) is 13.6. The van der Waals surface area contributed by atoms with E-state index < -0.39 is 0 Å². The number of aryl methyl sites for hydroxylation is 1. The second-order valence-corrected chi connectivity index (χ2v) is 7.38. The molecule has 28 heavy (non-hydrogen) atoms. The number of aromatic nitrogens is 4. The van der Waals surface area contributed by atoms with Gasteiger partial charge in [-0.25, -0.2) is 14.2 Å². The van der Waals surface area contributed by atoms with Crippen molar-refractivity contribution >= 4 is 11.8 Å². The zero-order valence-electron chi connectivity index (χ0n) is 16.3. The summed E-state index contributed by atoms with van der Waals surface area (Å²) >= 11 is 0. The number of para-hydroxylation sites is 1. The van der Waals surface area contributed by atoms with Crippen molar-refractivity contribution in [2.24, 2.45) is 0 Å². The number of hydrogen-bond acceptors (Lipinski definition) is 3. The van der Waals surface area contributed by atoms with Crippen LogP contribution in [0.4, 0.5) is 10.6 Å². The van der Waals surface area contributed by atoms with E-state index in [0.29, 0.717) is 6.04 Å². The van der Waals surface area contributed by atoms with Crippen molar-refractivity contribution < 1.29 is 4.79 Å². The molecule has 1 aromatic carbocycles. The second kappa shape index (κ2) is 7.88. The lowest BCUT2D eigenvalue weighted by atomic mass is 10.1. The minimum absolute atomic E-state index is 0.177. The molecule has 7 heteroatoms. The van der Waals surface area contributed by atoms with Gasteiger partial charge in [-0.05, 0) is 44.4 Å². The van der Waals surface area contributed by atoms with Crippen molar-refractivity contribution in [3.8, 4) is 5.69 Å². The van der Waals surface area contributed by atoms with E-state index in [1.165, 1.54) is 12.8 Å². The highest BCUT2D eigenvalue weighted by molar-refractivity contribution is 5.88. The van der Waals surface area contributed by atoms with Crippen LogP contribution in [0.1, 0.15) is 55.9 Å². The van der Waals surface area contributed by atoms with E-state index in [2.05, 4.69) is 20.8 Å². The summed E-state index contributed by atoms with van der Waals surface area (Å²) in [6.45, 7) is 3.93. The van der Waals surface area contributed by atoms with E-state index in [-0.39, 0.29) is 12.1 Å². The van der Waals surface area contributed by atoms with E-state index in [9.17, 15) is 4.79 Å². The van der Waals surface area contributed by atoms with Gasteiger partial charge in [0, 0.05) is 18.5 Å². The molecule has 4 rings (SSSR count). The molecule has 2 N–H and O–H groups in total. The van der Waals surface area contributed by atoms with E-state index >= 15 is 0 Å². The molecule has 0 aliphatic heterocycles. The molecule has 2 amide bonds. The van der Waals surface area contributed by atoms with Crippen molar-refractivity contribution in [3.63, 3.8) is 0 Å². The summed E-state index contributed by atoms with van der Waals surface area (Å²) in [5, 5.41) is 14.9. The molecule has 2 heterocycles. The van der Waals surface area contributed by atoms with Crippen LogP contribution in [-0.4, -0.2) is 25.6 Å². The lowest BCUT2D eigenvalue weighted by molar-refractivity contribution is 0.249. The van der Waals surface area contributed by atoms with Crippen LogP contribution in [0.3, 0.4) is 0 Å². The van der Waals surface area contributed by atoms with Crippen molar-refractivity contribution in [2.75, 3.05) is 5.32 Å². The zero-order chi connectivity index (χ0) is 19.5. The fourth-order valence-electron chi connectivity index (χ4n) is 3.94. The molecule has 0 radical (unpaired) electrons. The molecular weight excluding hydrogens is 352 g/mol. The van der Waals surface area contributed by atoms with Crippen LogP contribution < -0.4 is 10.6 Å². The van der Waals surface area contributed by atoms with Crippen molar-refractivity contribution in [1.82, 2.24) is 24.9 Å². The smallest absolute Gasteiger partial charge is 0.320 e. The molecule has 0 saturated heterocycles. The van der Waals surface area contributed by atoms with Gasteiger partial charge in [0.1, 0.15) is 5.82 Å². The minimum Gasteiger partial charge on any atom is -0.331 e. The summed E-state index contributed by atoms with van der Waals surface area (Å²) in [4.78, 5) is 12.7. The molecule has 2 aromatic heterocycles. The van der Waals surface area contributed by atoms with Gasteiger partial charge in [-0.3, -0.25) is 5.32 Å². The number of hydrogen-bond donors (Lipinski definition) is 2. The fourth-order valence-corrected chi connectivity index (χ4v) is 3.94. The van der Waals surface area contributed by atoms with Gasteiger partial charge in [0.15, 0.2) is 0 Å². The van der Waals surface area contributed by atoms with Crippen LogP contribution in [0.5, 0.6) is 0 Å². The fraction of sp³-hybridized carbons (Fsp3) is 0.381. The summed E-state index contributed by atoms with van der Waals surface area (Å²) in [7, 11) is 0. The monoisotopic (exact) mass is 378 g/mol. The van der Waals surface area contributed by atoms with Crippen LogP contribution in [0, 0.1) is 6.92 Å². The number of carbonyl (C=O) groups is 1. The van der Waals surface area contributed by atoms with Crippen molar-refractivity contribution in [3.05, 3.63) is 60.0 Å². The first-order valence-corrected chi connectivity index (χ1v) is 9.84. The van der Waals surface area contributed by atoms with E-state index in [4.69, 9.17) is 0 Å². The van der Waals surface area contributed by atoms with Gasteiger partial charge in [0.05, 0.1) is 23.5 Å². The number of carbonyl (C=O) groups excluding carboxylic acids is 1. The van der Waals surface area contributed by atoms with E-state index in [1.807, 2.05) is 65.8 Å².